The number of aryl methyl sites for hydroxylation is 1. The molecular formula is C17H26N4O3. The number of likely N-dealkylation sites (tertiary alicyclic amines) is 1. The molecule has 1 saturated heterocycles. The Kier molecular flexibility index (Phi) is 6.54. The van der Waals surface area contributed by atoms with Gasteiger partial charge in [0.25, 0.3) is 5.69 Å². The van der Waals surface area contributed by atoms with Crippen molar-refractivity contribution >= 4 is 17.4 Å². The summed E-state index contributed by atoms with van der Waals surface area (Å²) in [6.45, 7) is 6.63. The van der Waals surface area contributed by atoms with Gasteiger partial charge in [-0.15, -0.1) is 0 Å². The topological polar surface area (TPSA) is 87.5 Å². The Morgan fingerprint density at radius 2 is 2.21 bits per heavy atom. The molecule has 0 saturated carbocycles. The number of nitrogens with zero attached hydrogens (tertiary/aromatic N) is 2. The average Bonchev–Trinajstić information content (AvgIpc) is 2.54. The van der Waals surface area contributed by atoms with E-state index in [2.05, 4.69) is 22.5 Å². The second-order valence-corrected chi connectivity index (χ2v) is 6.37. The first-order valence-electron chi connectivity index (χ1n) is 8.51. The average molecular weight is 334 g/mol. The zero-order chi connectivity index (χ0) is 17.5. The molecule has 132 valence electrons. The number of carbonyl (C=O) groups excluding carboxylic acids is 1. The first kappa shape index (κ1) is 18.2. The lowest BCUT2D eigenvalue weighted by Crippen LogP contribution is -2.39. The van der Waals surface area contributed by atoms with Crippen molar-refractivity contribution in [2.24, 2.45) is 0 Å². The molecule has 1 aromatic carbocycles. The molecule has 2 rings (SSSR count). The summed E-state index contributed by atoms with van der Waals surface area (Å²) in [6, 6.07) is 4.97. The highest BCUT2D eigenvalue weighted by atomic mass is 16.6. The number of amides is 2. The number of piperidine rings is 1. The minimum Gasteiger partial charge on any atom is -0.338 e. The van der Waals surface area contributed by atoms with Crippen LogP contribution in [0.1, 0.15) is 38.2 Å². The number of carbonyl (C=O) groups is 1. The highest BCUT2D eigenvalue weighted by Gasteiger charge is 2.17. The van der Waals surface area contributed by atoms with Gasteiger partial charge in [0.15, 0.2) is 0 Å². The van der Waals surface area contributed by atoms with E-state index >= 15 is 0 Å². The van der Waals surface area contributed by atoms with E-state index in [0.717, 1.165) is 19.5 Å². The molecule has 0 spiro atoms. The van der Waals surface area contributed by atoms with Crippen molar-refractivity contribution in [3.63, 3.8) is 0 Å². The Bertz CT molecular complexity index is 591. The van der Waals surface area contributed by atoms with Crippen LogP contribution in [0.2, 0.25) is 0 Å². The fourth-order valence-corrected chi connectivity index (χ4v) is 3.03. The van der Waals surface area contributed by atoms with Gasteiger partial charge in [-0.25, -0.2) is 4.79 Å². The molecule has 1 aliphatic heterocycles. The highest BCUT2D eigenvalue weighted by molar-refractivity contribution is 5.89. The summed E-state index contributed by atoms with van der Waals surface area (Å²) >= 11 is 0. The van der Waals surface area contributed by atoms with Crippen LogP contribution in [0.4, 0.5) is 16.2 Å². The molecule has 2 N–H and O–H groups in total. The number of nitro groups is 1. The monoisotopic (exact) mass is 334 g/mol. The summed E-state index contributed by atoms with van der Waals surface area (Å²) in [5.74, 6) is 0. The molecule has 2 amide bonds. The Morgan fingerprint density at radius 1 is 1.42 bits per heavy atom. The Balaban J connectivity index is 1.73. The SMILES string of the molecule is Cc1ccc(NC(=O)NCCCN2CCCC[C@H]2C)cc1[N+](=O)[O-]. The molecule has 24 heavy (non-hydrogen) atoms. The number of hydrogen-bond acceptors (Lipinski definition) is 4. The van der Waals surface area contributed by atoms with Gasteiger partial charge >= 0.3 is 6.03 Å². The molecule has 0 unspecified atom stereocenters. The van der Waals surface area contributed by atoms with Gasteiger partial charge in [-0.1, -0.05) is 12.5 Å². The van der Waals surface area contributed by atoms with Crippen LogP contribution in [0.5, 0.6) is 0 Å². The highest BCUT2D eigenvalue weighted by Crippen LogP contribution is 2.22. The van der Waals surface area contributed by atoms with Gasteiger partial charge in [-0.2, -0.15) is 0 Å². The molecule has 7 nitrogen and oxygen atoms in total. The van der Waals surface area contributed by atoms with Crippen LogP contribution in [-0.2, 0) is 0 Å². The summed E-state index contributed by atoms with van der Waals surface area (Å²) in [7, 11) is 0. The van der Waals surface area contributed by atoms with E-state index in [1.807, 2.05) is 0 Å². The summed E-state index contributed by atoms with van der Waals surface area (Å²) in [4.78, 5) is 24.8. The van der Waals surface area contributed by atoms with Crippen molar-refractivity contribution < 1.29 is 9.72 Å². The third-order valence-corrected chi connectivity index (χ3v) is 4.51. The molecule has 0 aromatic heterocycles. The Morgan fingerprint density at radius 3 is 2.92 bits per heavy atom. The fourth-order valence-electron chi connectivity index (χ4n) is 3.03. The molecule has 7 heteroatoms. The fraction of sp³-hybridized carbons (Fsp3) is 0.588. The van der Waals surface area contributed by atoms with Crippen LogP contribution in [0.15, 0.2) is 18.2 Å². The van der Waals surface area contributed by atoms with E-state index in [4.69, 9.17) is 0 Å². The second kappa shape index (κ2) is 8.63. The van der Waals surface area contributed by atoms with E-state index in [9.17, 15) is 14.9 Å². The summed E-state index contributed by atoms with van der Waals surface area (Å²) in [5.41, 5.74) is 1.00. The van der Waals surface area contributed by atoms with Crippen LogP contribution < -0.4 is 10.6 Å². The number of anilines is 1. The van der Waals surface area contributed by atoms with E-state index in [1.54, 1.807) is 19.1 Å². The van der Waals surface area contributed by atoms with E-state index in [-0.39, 0.29) is 11.7 Å². The molecule has 0 radical (unpaired) electrons. The lowest BCUT2D eigenvalue weighted by molar-refractivity contribution is -0.385. The number of urea groups is 1. The maximum Gasteiger partial charge on any atom is 0.319 e. The largest absolute Gasteiger partial charge is 0.338 e. The molecule has 1 atom stereocenters. The smallest absolute Gasteiger partial charge is 0.319 e. The first-order valence-corrected chi connectivity index (χ1v) is 8.51. The molecule has 0 bridgehead atoms. The Hall–Kier alpha value is -2.15. The van der Waals surface area contributed by atoms with Gasteiger partial charge < -0.3 is 15.5 Å². The number of benzene rings is 1. The van der Waals surface area contributed by atoms with Crippen LogP contribution in [0.3, 0.4) is 0 Å². The van der Waals surface area contributed by atoms with Gasteiger partial charge in [0.2, 0.25) is 0 Å². The van der Waals surface area contributed by atoms with Crippen molar-refractivity contribution in [1.82, 2.24) is 10.2 Å². The minimum atomic E-state index is -0.446. The van der Waals surface area contributed by atoms with Crippen LogP contribution >= 0.6 is 0 Å². The van der Waals surface area contributed by atoms with Gasteiger partial charge in [0.1, 0.15) is 0 Å². The van der Waals surface area contributed by atoms with E-state index < -0.39 is 4.92 Å². The quantitative estimate of drug-likeness (QED) is 0.475. The summed E-state index contributed by atoms with van der Waals surface area (Å²) < 4.78 is 0. The number of rotatable bonds is 6. The lowest BCUT2D eigenvalue weighted by atomic mass is 10.0. The first-order chi connectivity index (χ1) is 11.5. The molecular weight excluding hydrogens is 308 g/mol. The maximum absolute atomic E-state index is 11.9. The van der Waals surface area contributed by atoms with Crippen molar-refractivity contribution in [3.8, 4) is 0 Å². The van der Waals surface area contributed by atoms with E-state index in [1.165, 1.54) is 25.3 Å². The number of nitrogens with one attached hydrogen (secondary N) is 2. The predicted molar refractivity (Wildman–Crippen MR) is 94.4 cm³/mol. The maximum atomic E-state index is 11.9. The number of hydrogen-bond donors (Lipinski definition) is 2. The number of nitro benzene ring substituents is 1. The van der Waals surface area contributed by atoms with Crippen molar-refractivity contribution in [2.45, 2.75) is 45.6 Å². The van der Waals surface area contributed by atoms with Gasteiger partial charge in [0, 0.05) is 36.4 Å². The zero-order valence-electron chi connectivity index (χ0n) is 14.4. The van der Waals surface area contributed by atoms with Crippen molar-refractivity contribution in [1.29, 1.82) is 0 Å². The molecule has 0 aliphatic carbocycles. The van der Waals surface area contributed by atoms with Crippen LogP contribution in [0, 0.1) is 17.0 Å². The second-order valence-electron chi connectivity index (χ2n) is 6.37. The lowest BCUT2D eigenvalue weighted by Gasteiger charge is -2.33. The van der Waals surface area contributed by atoms with Crippen LogP contribution in [0.25, 0.3) is 0 Å². The van der Waals surface area contributed by atoms with Gasteiger partial charge in [-0.05, 0) is 45.7 Å². The normalized spacial score (nSPS) is 18.2. The minimum absolute atomic E-state index is 0.00638. The van der Waals surface area contributed by atoms with Crippen molar-refractivity contribution in [2.75, 3.05) is 25.0 Å². The summed E-state index contributed by atoms with van der Waals surface area (Å²) in [6.07, 6.45) is 4.71. The molecule has 1 aliphatic rings. The predicted octanol–water partition coefficient (Wildman–Crippen LogP) is 3.29. The van der Waals surface area contributed by atoms with E-state index in [0.29, 0.717) is 23.8 Å². The zero-order valence-corrected chi connectivity index (χ0v) is 14.4. The third-order valence-electron chi connectivity index (χ3n) is 4.51. The summed E-state index contributed by atoms with van der Waals surface area (Å²) in [5, 5.41) is 16.4. The van der Waals surface area contributed by atoms with Crippen molar-refractivity contribution in [3.05, 3.63) is 33.9 Å². The van der Waals surface area contributed by atoms with Gasteiger partial charge in [-0.3, -0.25) is 10.1 Å². The Labute approximate surface area is 142 Å². The van der Waals surface area contributed by atoms with Gasteiger partial charge in [0.05, 0.1) is 4.92 Å². The standard InChI is InChI=1S/C17H26N4O3/c1-13-7-8-15(12-16(13)21(23)24)19-17(22)18-9-5-11-20-10-4-3-6-14(20)2/h7-8,12,14H,3-6,9-11H2,1-2H3,(H2,18,19,22)/t14-/m1/s1. The third kappa shape index (κ3) is 5.19. The molecule has 1 heterocycles. The van der Waals surface area contributed by atoms with Crippen LogP contribution in [-0.4, -0.2) is 41.5 Å². The molecule has 1 fully saturated rings. The molecule has 1 aromatic rings.